The quantitative estimate of drug-likeness (QED) is 0.130. The first-order valence-corrected chi connectivity index (χ1v) is 14.6. The van der Waals surface area contributed by atoms with Gasteiger partial charge < -0.3 is 9.30 Å². The molecule has 0 N–H and O–H groups in total. The van der Waals surface area contributed by atoms with E-state index in [0.29, 0.717) is 42.2 Å². The van der Waals surface area contributed by atoms with Crippen molar-refractivity contribution in [2.75, 3.05) is 12.5 Å². The van der Waals surface area contributed by atoms with Crippen LogP contribution in [0.15, 0.2) is 67.3 Å². The Hall–Kier alpha value is -2.50. The molecule has 0 aliphatic rings. The number of nitrogens with zero attached hydrogens (tertiary/aromatic N) is 3. The number of allylic oxidation sites excluding steroid dienone is 1. The minimum Gasteiger partial charge on any atom is -0.494 e. The summed E-state index contributed by atoms with van der Waals surface area (Å²) in [6, 6.07) is 18.4. The lowest BCUT2D eigenvalue weighted by molar-refractivity contribution is 0.232. The normalized spacial score (nSPS) is 11.0. The number of ether oxygens (including phenoxy) is 1. The Bertz CT molecular complexity index is 1380. The highest BCUT2D eigenvalue weighted by Crippen LogP contribution is 2.31. The second-order valence-corrected chi connectivity index (χ2v) is 10.5. The van der Waals surface area contributed by atoms with Gasteiger partial charge in [-0.25, -0.2) is 4.98 Å². The van der Waals surface area contributed by atoms with Crippen LogP contribution in [0.2, 0.25) is 10.0 Å². The standard InChI is InChI=1S/C29H33Cl2N3O.C3H5Cl/c1-5-15-34-21(4)20(3)32-29(34)19-33(17-23-11-13-24(30)16-27(23)31)18-26-25-10-8-7-9-22(25)12-14-28(26)35-6-2;1-2-3-4/h7-14,16H,5-6,15,17-19H2,1-4H3;2H,1,3H2. The van der Waals surface area contributed by atoms with Crippen LogP contribution in [0, 0.1) is 13.8 Å². The average molecular weight is 587 g/mol. The summed E-state index contributed by atoms with van der Waals surface area (Å²) in [5, 5.41) is 3.72. The molecule has 4 aromatic rings. The molecular formula is C32H38Cl3N3O. The van der Waals surface area contributed by atoms with E-state index in [4.69, 9.17) is 44.5 Å². The molecule has 0 aliphatic heterocycles. The highest BCUT2D eigenvalue weighted by atomic mass is 35.5. The summed E-state index contributed by atoms with van der Waals surface area (Å²) < 4.78 is 8.43. The fraction of sp³-hybridized carbons (Fsp3) is 0.344. The molecule has 1 heterocycles. The Morgan fingerprint density at radius 1 is 1.00 bits per heavy atom. The summed E-state index contributed by atoms with van der Waals surface area (Å²) in [5.74, 6) is 2.55. The van der Waals surface area contributed by atoms with E-state index in [9.17, 15) is 0 Å². The van der Waals surface area contributed by atoms with Gasteiger partial charge in [-0.15, -0.1) is 18.2 Å². The van der Waals surface area contributed by atoms with Crippen molar-refractivity contribution < 1.29 is 4.74 Å². The van der Waals surface area contributed by atoms with Crippen LogP contribution in [0.3, 0.4) is 0 Å². The molecule has 0 fully saturated rings. The number of aromatic nitrogens is 2. The van der Waals surface area contributed by atoms with Crippen molar-refractivity contribution in [1.82, 2.24) is 14.5 Å². The average Bonchev–Trinajstić information content (AvgIpc) is 3.19. The van der Waals surface area contributed by atoms with Crippen molar-refractivity contribution in [1.29, 1.82) is 0 Å². The monoisotopic (exact) mass is 585 g/mol. The Labute approximate surface area is 248 Å². The fourth-order valence-corrected chi connectivity index (χ4v) is 5.08. The van der Waals surface area contributed by atoms with Gasteiger partial charge >= 0.3 is 0 Å². The van der Waals surface area contributed by atoms with Crippen LogP contribution < -0.4 is 4.74 Å². The zero-order chi connectivity index (χ0) is 28.4. The lowest BCUT2D eigenvalue weighted by Crippen LogP contribution is -2.25. The second-order valence-electron chi connectivity index (χ2n) is 9.37. The lowest BCUT2D eigenvalue weighted by atomic mass is 10.0. The van der Waals surface area contributed by atoms with Crippen LogP contribution in [0.4, 0.5) is 0 Å². The maximum absolute atomic E-state index is 6.61. The number of rotatable bonds is 11. The van der Waals surface area contributed by atoms with Crippen LogP contribution in [0.1, 0.15) is 48.6 Å². The second kappa shape index (κ2) is 15.3. The van der Waals surface area contributed by atoms with Gasteiger partial charge in [-0.2, -0.15) is 0 Å². The molecule has 0 saturated carbocycles. The van der Waals surface area contributed by atoms with Crippen LogP contribution in [0.5, 0.6) is 5.75 Å². The molecule has 208 valence electrons. The Kier molecular flexibility index (Phi) is 12.2. The molecule has 0 bridgehead atoms. The Balaban J connectivity index is 0.000000983. The largest absolute Gasteiger partial charge is 0.494 e. The van der Waals surface area contributed by atoms with Gasteiger partial charge in [-0.1, -0.05) is 72.6 Å². The molecule has 0 saturated heterocycles. The van der Waals surface area contributed by atoms with Gasteiger partial charge in [0.2, 0.25) is 0 Å². The number of imidazole rings is 1. The molecule has 4 nitrogen and oxygen atoms in total. The van der Waals surface area contributed by atoms with Gasteiger partial charge in [0.05, 0.1) is 18.8 Å². The first kappa shape index (κ1) is 31.0. The van der Waals surface area contributed by atoms with Crippen LogP contribution in [0.25, 0.3) is 10.8 Å². The fourth-order valence-electron chi connectivity index (χ4n) is 4.62. The molecular weight excluding hydrogens is 549 g/mol. The minimum absolute atomic E-state index is 0.556. The molecule has 1 aromatic heterocycles. The highest BCUT2D eigenvalue weighted by Gasteiger charge is 2.19. The van der Waals surface area contributed by atoms with E-state index in [1.165, 1.54) is 22.0 Å². The van der Waals surface area contributed by atoms with E-state index in [2.05, 4.69) is 73.2 Å². The number of hydrogen-bond donors (Lipinski definition) is 0. The van der Waals surface area contributed by atoms with Gasteiger partial charge in [-0.05, 0) is 61.7 Å². The molecule has 0 radical (unpaired) electrons. The van der Waals surface area contributed by atoms with Crippen molar-refractivity contribution in [2.24, 2.45) is 0 Å². The van der Waals surface area contributed by atoms with Gasteiger partial charge in [-0.3, -0.25) is 4.90 Å². The van der Waals surface area contributed by atoms with Gasteiger partial charge in [0, 0.05) is 46.8 Å². The van der Waals surface area contributed by atoms with Gasteiger partial charge in [0.25, 0.3) is 0 Å². The number of alkyl halides is 1. The number of hydrogen-bond acceptors (Lipinski definition) is 3. The summed E-state index contributed by atoms with van der Waals surface area (Å²) in [6.07, 6.45) is 2.70. The summed E-state index contributed by atoms with van der Waals surface area (Å²) in [4.78, 5) is 7.34. The molecule has 3 aromatic carbocycles. The summed E-state index contributed by atoms with van der Waals surface area (Å²) >= 11 is 17.9. The molecule has 0 unspecified atom stereocenters. The van der Waals surface area contributed by atoms with E-state index in [1.54, 1.807) is 6.08 Å². The van der Waals surface area contributed by atoms with Crippen LogP contribution in [-0.2, 0) is 26.2 Å². The van der Waals surface area contributed by atoms with Crippen molar-refractivity contribution in [3.8, 4) is 5.75 Å². The molecule has 7 heteroatoms. The smallest absolute Gasteiger partial charge is 0.124 e. The predicted octanol–water partition coefficient (Wildman–Crippen LogP) is 9.38. The zero-order valence-corrected chi connectivity index (χ0v) is 25.6. The molecule has 0 aliphatic carbocycles. The van der Waals surface area contributed by atoms with Crippen molar-refractivity contribution >= 4 is 45.6 Å². The van der Waals surface area contributed by atoms with Gasteiger partial charge in [0.1, 0.15) is 11.6 Å². The topological polar surface area (TPSA) is 30.3 Å². The number of benzene rings is 3. The summed E-state index contributed by atoms with van der Waals surface area (Å²) in [5.41, 5.74) is 4.53. The van der Waals surface area contributed by atoms with Crippen LogP contribution >= 0.6 is 34.8 Å². The van der Waals surface area contributed by atoms with E-state index in [1.807, 2.05) is 25.1 Å². The van der Waals surface area contributed by atoms with Crippen LogP contribution in [-0.4, -0.2) is 26.9 Å². The third-order valence-electron chi connectivity index (χ3n) is 6.55. The lowest BCUT2D eigenvalue weighted by Gasteiger charge is -2.25. The predicted molar refractivity (Wildman–Crippen MR) is 167 cm³/mol. The van der Waals surface area contributed by atoms with Crippen molar-refractivity contribution in [2.45, 2.75) is 60.3 Å². The SMILES string of the molecule is C=CCCl.CCCn1c(CN(Cc2ccc(Cl)cc2Cl)Cc2c(OCC)ccc3ccccc23)nc(C)c1C. The zero-order valence-electron chi connectivity index (χ0n) is 23.3. The Morgan fingerprint density at radius 2 is 1.74 bits per heavy atom. The third kappa shape index (κ3) is 8.25. The summed E-state index contributed by atoms with van der Waals surface area (Å²) in [7, 11) is 0. The van der Waals surface area contributed by atoms with E-state index >= 15 is 0 Å². The number of halogens is 3. The molecule has 4 rings (SSSR count). The maximum Gasteiger partial charge on any atom is 0.124 e. The van der Waals surface area contributed by atoms with E-state index in [0.717, 1.165) is 35.8 Å². The Morgan fingerprint density at radius 3 is 2.41 bits per heavy atom. The first-order chi connectivity index (χ1) is 18.8. The van der Waals surface area contributed by atoms with Crippen molar-refractivity contribution in [3.63, 3.8) is 0 Å². The minimum atomic E-state index is 0.556. The first-order valence-electron chi connectivity index (χ1n) is 13.3. The molecule has 39 heavy (non-hydrogen) atoms. The van der Waals surface area contributed by atoms with Crippen molar-refractivity contribution in [3.05, 3.63) is 106 Å². The summed E-state index contributed by atoms with van der Waals surface area (Å²) in [6.45, 7) is 15.5. The molecule has 0 atom stereocenters. The molecule has 0 amide bonds. The van der Waals surface area contributed by atoms with Gasteiger partial charge in [0.15, 0.2) is 0 Å². The van der Waals surface area contributed by atoms with E-state index < -0.39 is 0 Å². The third-order valence-corrected chi connectivity index (χ3v) is 7.35. The number of fused-ring (bicyclic) bond motifs is 1. The highest BCUT2D eigenvalue weighted by molar-refractivity contribution is 6.35. The molecule has 0 spiro atoms. The number of aryl methyl sites for hydroxylation is 1. The maximum atomic E-state index is 6.61. The van der Waals surface area contributed by atoms with E-state index in [-0.39, 0.29) is 0 Å².